The number of aliphatic hydroxyl groups excluding tert-OH is 1. The molecule has 1 aromatic heterocycles. The zero-order valence-electron chi connectivity index (χ0n) is 20.3. The number of hydrogen-bond acceptors (Lipinski definition) is 10. The molecule has 14 heteroatoms. The van der Waals surface area contributed by atoms with E-state index in [0.29, 0.717) is 0 Å². The molecule has 1 aliphatic heterocycles. The number of ether oxygens (including phenoxy) is 2. The summed E-state index contributed by atoms with van der Waals surface area (Å²) in [6, 6.07) is 1.90. The molecule has 0 aliphatic carbocycles. The fraction of sp³-hybridized carbons (Fsp3) is 0.667. The molecule has 3 N–H and O–H groups in total. The summed E-state index contributed by atoms with van der Waals surface area (Å²) in [6.07, 6.45) is -3.13. The Morgan fingerprint density at radius 3 is 2.60 bits per heavy atom. The number of aliphatic hydroxyl groups is 2. The highest BCUT2D eigenvalue weighted by atomic mass is 79.9. The second kappa shape index (κ2) is 12.7. The molecule has 0 spiro atoms. The average Bonchev–Trinajstić information content (AvgIpc) is 3.09. The van der Waals surface area contributed by atoms with Crippen LogP contribution in [0.5, 0.6) is 0 Å². The van der Waals surface area contributed by atoms with E-state index >= 15 is 0 Å². The predicted octanol–water partition coefficient (Wildman–Crippen LogP) is 2.14. The lowest BCUT2D eigenvalue weighted by Crippen LogP contribution is -2.49. The predicted molar refractivity (Wildman–Crippen MR) is 132 cm³/mol. The molecule has 0 aromatic carbocycles. The van der Waals surface area contributed by atoms with Crippen molar-refractivity contribution in [1.82, 2.24) is 14.2 Å². The van der Waals surface area contributed by atoms with Crippen molar-refractivity contribution in [2.45, 2.75) is 77.0 Å². The van der Waals surface area contributed by atoms with Gasteiger partial charge in [0.05, 0.1) is 31.1 Å². The number of aromatic amines is 1. The van der Waals surface area contributed by atoms with Gasteiger partial charge in [-0.05, 0) is 27.7 Å². The molecule has 35 heavy (non-hydrogen) atoms. The van der Waals surface area contributed by atoms with Gasteiger partial charge in [-0.15, -0.1) is 0 Å². The van der Waals surface area contributed by atoms with Gasteiger partial charge >= 0.3 is 5.69 Å². The summed E-state index contributed by atoms with van der Waals surface area (Å²) in [6.45, 7) is 11.4. The van der Waals surface area contributed by atoms with Crippen LogP contribution in [0.2, 0.25) is 0 Å². The SMILES string of the molecule is C=C(Br)c1cn([C@H]2C[C@](O)(OP(OCCC#N)N(C(C)C)C(C)C)[C@@H](C(O)OC)O2)c(=O)[nH]c1=O. The second-order valence-corrected chi connectivity index (χ2v) is 10.8. The van der Waals surface area contributed by atoms with Gasteiger partial charge in [0.15, 0.2) is 12.4 Å². The Morgan fingerprint density at radius 2 is 2.09 bits per heavy atom. The third-order valence-electron chi connectivity index (χ3n) is 5.18. The molecule has 1 aliphatic rings. The summed E-state index contributed by atoms with van der Waals surface area (Å²) >= 11 is 3.13. The first kappa shape index (κ1) is 29.8. The van der Waals surface area contributed by atoms with Crippen LogP contribution < -0.4 is 11.2 Å². The summed E-state index contributed by atoms with van der Waals surface area (Å²) in [5, 5.41) is 31.0. The van der Waals surface area contributed by atoms with Crippen molar-refractivity contribution in [2.24, 2.45) is 0 Å². The van der Waals surface area contributed by atoms with E-state index in [1.807, 2.05) is 38.4 Å². The van der Waals surface area contributed by atoms with Crippen molar-refractivity contribution in [3.63, 3.8) is 0 Å². The molecule has 0 amide bonds. The number of H-pyrrole nitrogens is 1. The van der Waals surface area contributed by atoms with Crippen molar-refractivity contribution in [3.8, 4) is 6.07 Å². The summed E-state index contributed by atoms with van der Waals surface area (Å²) in [5.41, 5.74) is -1.35. The van der Waals surface area contributed by atoms with Crippen LogP contribution in [0, 0.1) is 11.3 Å². The van der Waals surface area contributed by atoms with Crippen LogP contribution in [-0.2, 0) is 18.5 Å². The Bertz CT molecular complexity index is 1030. The number of nitriles is 1. The topological polar surface area (TPSA) is 159 Å². The molecule has 1 fully saturated rings. The van der Waals surface area contributed by atoms with Gasteiger partial charge in [-0.1, -0.05) is 22.5 Å². The molecular formula is C21H32BrN4O8P. The summed E-state index contributed by atoms with van der Waals surface area (Å²) in [7, 11) is -0.705. The van der Waals surface area contributed by atoms with Crippen molar-refractivity contribution in [2.75, 3.05) is 13.7 Å². The highest BCUT2D eigenvalue weighted by Crippen LogP contribution is 2.53. The van der Waals surface area contributed by atoms with Gasteiger partial charge in [0.1, 0.15) is 6.23 Å². The van der Waals surface area contributed by atoms with E-state index in [-0.39, 0.29) is 41.6 Å². The first-order valence-corrected chi connectivity index (χ1v) is 12.8. The van der Waals surface area contributed by atoms with Crippen LogP contribution in [0.4, 0.5) is 0 Å². The van der Waals surface area contributed by atoms with E-state index in [9.17, 15) is 19.8 Å². The standard InChI is InChI=1S/C21H32BrN4O8P/c1-12(2)26(13(3)4)35(32-9-7-8-23)34-21(30)10-16(33-17(21)19(28)31-6)25-11-15(14(5)22)18(27)24-20(25)29/h11-13,16-17,19,28,30H,5,7,9-10H2,1-4,6H3,(H,24,27,29)/t16-,17-,19?,21+,35?/m1/s1. The number of methoxy groups -OCH3 is 1. The smallest absolute Gasteiger partial charge is 0.330 e. The average molecular weight is 579 g/mol. The van der Waals surface area contributed by atoms with Crippen molar-refractivity contribution in [3.05, 3.63) is 39.2 Å². The van der Waals surface area contributed by atoms with Crippen molar-refractivity contribution >= 4 is 28.9 Å². The quantitative estimate of drug-likeness (QED) is 0.190. The van der Waals surface area contributed by atoms with E-state index in [2.05, 4.69) is 27.5 Å². The molecule has 1 aromatic rings. The monoisotopic (exact) mass is 578 g/mol. The van der Waals surface area contributed by atoms with E-state index in [0.717, 1.165) is 4.57 Å². The van der Waals surface area contributed by atoms with Gasteiger partial charge in [0.2, 0.25) is 5.79 Å². The minimum atomic E-state index is -2.15. The summed E-state index contributed by atoms with van der Waals surface area (Å²) < 4.78 is 26.0. The lowest BCUT2D eigenvalue weighted by atomic mass is 10.1. The maximum atomic E-state index is 12.5. The molecule has 1 saturated heterocycles. The molecule has 196 valence electrons. The summed E-state index contributed by atoms with van der Waals surface area (Å²) in [4.78, 5) is 26.8. The van der Waals surface area contributed by atoms with Crippen LogP contribution in [0.1, 0.15) is 52.3 Å². The van der Waals surface area contributed by atoms with E-state index in [1.54, 1.807) is 0 Å². The van der Waals surface area contributed by atoms with Gasteiger partial charge in [0, 0.05) is 29.9 Å². The maximum Gasteiger partial charge on any atom is 0.330 e. The highest BCUT2D eigenvalue weighted by molar-refractivity contribution is 9.15. The number of aromatic nitrogens is 2. The van der Waals surface area contributed by atoms with Gasteiger partial charge in [-0.3, -0.25) is 18.9 Å². The molecular weight excluding hydrogens is 547 g/mol. The number of hydrogen-bond donors (Lipinski definition) is 3. The Hall–Kier alpha value is -1.46. The largest absolute Gasteiger partial charge is 0.366 e. The van der Waals surface area contributed by atoms with Gasteiger partial charge in [0.25, 0.3) is 14.1 Å². The molecule has 0 bridgehead atoms. The molecule has 2 heterocycles. The molecule has 12 nitrogen and oxygen atoms in total. The Balaban J connectivity index is 2.48. The minimum Gasteiger partial charge on any atom is -0.366 e. The number of nitrogens with one attached hydrogen (secondary N) is 1. The number of rotatable bonds is 12. The van der Waals surface area contributed by atoms with Crippen molar-refractivity contribution < 1.29 is 28.7 Å². The van der Waals surface area contributed by atoms with E-state index in [4.69, 9.17) is 23.8 Å². The zero-order chi connectivity index (χ0) is 26.5. The van der Waals surface area contributed by atoms with Gasteiger partial charge < -0.3 is 24.2 Å². The fourth-order valence-corrected chi connectivity index (χ4v) is 5.68. The lowest BCUT2D eigenvalue weighted by Gasteiger charge is -2.40. The van der Waals surface area contributed by atoms with Gasteiger partial charge in [-0.25, -0.2) is 9.46 Å². The van der Waals surface area contributed by atoms with Crippen LogP contribution in [-0.4, -0.2) is 68.4 Å². The Morgan fingerprint density at radius 1 is 1.46 bits per heavy atom. The van der Waals surface area contributed by atoms with Gasteiger partial charge in [-0.2, -0.15) is 5.26 Å². The second-order valence-electron chi connectivity index (χ2n) is 8.44. The highest BCUT2D eigenvalue weighted by Gasteiger charge is 2.55. The first-order valence-electron chi connectivity index (χ1n) is 10.9. The molecule has 0 saturated carbocycles. The Kier molecular flexibility index (Phi) is 10.8. The van der Waals surface area contributed by atoms with Crippen LogP contribution in [0.15, 0.2) is 22.4 Å². The molecule has 0 radical (unpaired) electrons. The molecule has 2 rings (SSSR count). The van der Waals surface area contributed by atoms with E-state index < -0.39 is 44.2 Å². The third-order valence-corrected chi connectivity index (χ3v) is 7.79. The third kappa shape index (κ3) is 7.07. The molecule has 5 atom stereocenters. The number of nitrogens with zero attached hydrogens (tertiary/aromatic N) is 3. The minimum absolute atomic E-state index is 0.0509. The summed E-state index contributed by atoms with van der Waals surface area (Å²) in [5.74, 6) is -2.15. The molecule has 2 unspecified atom stereocenters. The fourth-order valence-electron chi connectivity index (χ4n) is 3.67. The van der Waals surface area contributed by atoms with E-state index in [1.165, 1.54) is 13.3 Å². The van der Waals surface area contributed by atoms with Crippen LogP contribution >= 0.6 is 24.5 Å². The first-order chi connectivity index (χ1) is 16.4. The normalized spacial score (nSPS) is 24.2. The maximum absolute atomic E-state index is 12.5. The number of halogens is 1. The van der Waals surface area contributed by atoms with Crippen molar-refractivity contribution in [1.29, 1.82) is 5.26 Å². The zero-order valence-corrected chi connectivity index (χ0v) is 22.8. The van der Waals surface area contributed by atoms with Crippen LogP contribution in [0.3, 0.4) is 0 Å². The van der Waals surface area contributed by atoms with Crippen LogP contribution in [0.25, 0.3) is 4.48 Å². The lowest BCUT2D eigenvalue weighted by molar-refractivity contribution is -0.253. The Labute approximate surface area is 213 Å².